The summed E-state index contributed by atoms with van der Waals surface area (Å²) in [6, 6.07) is 69.3. The zero-order valence-corrected chi connectivity index (χ0v) is 33.4. The summed E-state index contributed by atoms with van der Waals surface area (Å²) in [5, 5.41) is 0. The maximum absolute atomic E-state index is 7.18. The molecule has 0 bridgehead atoms. The SMILES string of the molecule is c1ccc(-c2cc(-c3ccccc3)nc(-c3ccc4c(c3)Oc3cc(-c5cc(-c6ccccn6)nc(-c6ccccn6)c5)ccc3C43c4ccccc4-c4ccccc43)n2)cc1. The number of ether oxygens (including phenoxy) is 1. The van der Waals surface area contributed by atoms with Gasteiger partial charge in [0.1, 0.15) is 11.5 Å². The first-order chi connectivity index (χ1) is 30.7. The molecule has 6 heteroatoms. The molecule has 10 aromatic rings. The second kappa shape index (κ2) is 14.4. The molecule has 0 unspecified atom stereocenters. The molecule has 2 aliphatic rings. The Morgan fingerprint density at radius 3 is 1.32 bits per heavy atom. The standard InChI is InChI=1S/C56H35N5O/c1-3-15-36(16-4-1)49-35-50(37-17-5-2-6-18-37)61-55(60-49)39-26-28-46-54(34-39)62-53-33-38(25-27-45(53)56(46)43-21-9-7-19-41(43)42-20-8-10-22-44(42)56)40-31-51(47-23-11-13-29-57-47)59-52(32-40)48-24-12-14-30-58-48/h1-35H. The number of rotatable bonds is 6. The number of pyridine rings is 3. The zero-order valence-electron chi connectivity index (χ0n) is 33.4. The van der Waals surface area contributed by atoms with Crippen molar-refractivity contribution in [1.29, 1.82) is 0 Å². The Kier molecular flexibility index (Phi) is 8.28. The van der Waals surface area contributed by atoms with Gasteiger partial charge in [0.2, 0.25) is 0 Å². The van der Waals surface area contributed by atoms with E-state index in [2.05, 4.69) is 137 Å². The number of hydrogen-bond acceptors (Lipinski definition) is 6. The first-order valence-electron chi connectivity index (χ1n) is 20.7. The van der Waals surface area contributed by atoms with Gasteiger partial charge >= 0.3 is 0 Å². The lowest BCUT2D eigenvalue weighted by Crippen LogP contribution is -2.32. The molecule has 0 radical (unpaired) electrons. The summed E-state index contributed by atoms with van der Waals surface area (Å²) >= 11 is 0. The average Bonchev–Trinajstić information content (AvgIpc) is 3.65. The first kappa shape index (κ1) is 35.6. The Bertz CT molecular complexity index is 2980. The van der Waals surface area contributed by atoms with Crippen molar-refractivity contribution in [2.45, 2.75) is 5.41 Å². The van der Waals surface area contributed by atoms with Crippen LogP contribution in [0.5, 0.6) is 11.5 Å². The molecule has 1 spiro atoms. The van der Waals surface area contributed by atoms with Crippen molar-refractivity contribution in [3.8, 4) is 90.4 Å². The summed E-state index contributed by atoms with van der Waals surface area (Å²) in [7, 11) is 0. The van der Waals surface area contributed by atoms with Gasteiger partial charge in [-0.1, -0.05) is 146 Å². The van der Waals surface area contributed by atoms with Crippen LogP contribution < -0.4 is 4.74 Å². The minimum absolute atomic E-state index is 0.623. The van der Waals surface area contributed by atoms with Crippen LogP contribution in [0.25, 0.3) is 78.9 Å². The van der Waals surface area contributed by atoms with Gasteiger partial charge in [0, 0.05) is 40.2 Å². The summed E-state index contributed by atoms with van der Waals surface area (Å²) in [6.45, 7) is 0. The third-order valence-corrected chi connectivity index (χ3v) is 12.1. The van der Waals surface area contributed by atoms with E-state index in [1.807, 2.05) is 72.8 Å². The van der Waals surface area contributed by atoms with Gasteiger partial charge in [0.15, 0.2) is 5.82 Å². The van der Waals surface area contributed by atoms with Crippen LogP contribution in [0, 0.1) is 0 Å². The van der Waals surface area contributed by atoms with Crippen LogP contribution in [0.1, 0.15) is 22.3 Å². The molecule has 12 rings (SSSR count). The van der Waals surface area contributed by atoms with E-state index < -0.39 is 5.41 Å². The Labute approximate surface area is 359 Å². The number of nitrogens with zero attached hydrogens (tertiary/aromatic N) is 5. The molecule has 62 heavy (non-hydrogen) atoms. The molecule has 1 aliphatic carbocycles. The fourth-order valence-corrected chi connectivity index (χ4v) is 9.31. The number of aromatic nitrogens is 5. The van der Waals surface area contributed by atoms with Crippen LogP contribution in [0.2, 0.25) is 0 Å². The molecule has 0 N–H and O–H groups in total. The molecule has 1 aliphatic heterocycles. The van der Waals surface area contributed by atoms with Gasteiger partial charge in [-0.2, -0.15) is 0 Å². The third-order valence-electron chi connectivity index (χ3n) is 12.1. The molecular weight excluding hydrogens is 759 g/mol. The van der Waals surface area contributed by atoms with Crippen molar-refractivity contribution in [3.05, 3.63) is 235 Å². The Hall–Kier alpha value is -8.35. The van der Waals surface area contributed by atoms with E-state index in [0.29, 0.717) is 5.82 Å². The summed E-state index contributed by atoms with van der Waals surface area (Å²) in [6.07, 6.45) is 3.59. The van der Waals surface area contributed by atoms with Gasteiger partial charge in [-0.25, -0.2) is 15.0 Å². The Morgan fingerprint density at radius 2 is 0.790 bits per heavy atom. The van der Waals surface area contributed by atoms with Crippen LogP contribution in [-0.4, -0.2) is 24.9 Å². The molecule has 6 nitrogen and oxygen atoms in total. The molecule has 0 saturated carbocycles. The number of fused-ring (bicyclic) bond motifs is 9. The van der Waals surface area contributed by atoms with Gasteiger partial charge in [0.05, 0.1) is 39.6 Å². The van der Waals surface area contributed by atoms with Gasteiger partial charge in [-0.3, -0.25) is 9.97 Å². The normalized spacial score (nSPS) is 12.8. The van der Waals surface area contributed by atoms with Crippen molar-refractivity contribution in [1.82, 2.24) is 24.9 Å². The van der Waals surface area contributed by atoms with Crippen LogP contribution >= 0.6 is 0 Å². The van der Waals surface area contributed by atoms with Gasteiger partial charge in [0.25, 0.3) is 0 Å². The molecular formula is C56H35N5O. The van der Waals surface area contributed by atoms with Crippen LogP contribution in [0.15, 0.2) is 213 Å². The highest BCUT2D eigenvalue weighted by Gasteiger charge is 2.51. The van der Waals surface area contributed by atoms with Gasteiger partial charge in [-0.15, -0.1) is 0 Å². The summed E-state index contributed by atoms with van der Waals surface area (Å²) in [4.78, 5) is 24.8. The quantitative estimate of drug-likeness (QED) is 0.167. The molecule has 0 saturated heterocycles. The molecule has 0 fully saturated rings. The fraction of sp³-hybridized carbons (Fsp3) is 0.0179. The predicted octanol–water partition coefficient (Wildman–Crippen LogP) is 13.1. The topological polar surface area (TPSA) is 73.7 Å². The molecule has 6 aromatic carbocycles. The monoisotopic (exact) mass is 793 g/mol. The number of hydrogen-bond donors (Lipinski definition) is 0. The fourth-order valence-electron chi connectivity index (χ4n) is 9.31. The summed E-state index contributed by atoms with van der Waals surface area (Å²) < 4.78 is 7.18. The van der Waals surface area contributed by atoms with E-state index in [-0.39, 0.29) is 0 Å². The van der Waals surface area contributed by atoms with E-state index >= 15 is 0 Å². The maximum Gasteiger partial charge on any atom is 0.160 e. The summed E-state index contributed by atoms with van der Waals surface area (Å²) in [5.74, 6) is 2.16. The third kappa shape index (κ3) is 5.76. The molecule has 0 atom stereocenters. The van der Waals surface area contributed by atoms with Crippen LogP contribution in [-0.2, 0) is 5.41 Å². The molecule has 4 aromatic heterocycles. The van der Waals surface area contributed by atoms with Crippen molar-refractivity contribution >= 4 is 0 Å². The highest BCUT2D eigenvalue weighted by molar-refractivity contribution is 5.90. The van der Waals surface area contributed by atoms with Crippen LogP contribution in [0.3, 0.4) is 0 Å². The van der Waals surface area contributed by atoms with Crippen LogP contribution in [0.4, 0.5) is 0 Å². The number of benzene rings is 6. The van der Waals surface area contributed by atoms with E-state index in [1.165, 1.54) is 22.3 Å². The molecule has 290 valence electrons. The lowest BCUT2D eigenvalue weighted by Gasteiger charge is -2.39. The molecule has 5 heterocycles. The Morgan fingerprint density at radius 1 is 0.306 bits per heavy atom. The highest BCUT2D eigenvalue weighted by Crippen LogP contribution is 2.62. The predicted molar refractivity (Wildman–Crippen MR) is 245 cm³/mol. The Balaban J connectivity index is 1.07. The largest absolute Gasteiger partial charge is 0.457 e. The minimum Gasteiger partial charge on any atom is -0.457 e. The van der Waals surface area contributed by atoms with Crippen molar-refractivity contribution in [2.75, 3.05) is 0 Å². The molecule has 0 amide bonds. The van der Waals surface area contributed by atoms with Crippen molar-refractivity contribution in [3.63, 3.8) is 0 Å². The van der Waals surface area contributed by atoms with Crippen molar-refractivity contribution in [2.24, 2.45) is 0 Å². The first-order valence-corrected chi connectivity index (χ1v) is 20.7. The van der Waals surface area contributed by atoms with Gasteiger partial charge in [-0.05, 0) is 88.0 Å². The lowest BCUT2D eigenvalue weighted by atomic mass is 9.66. The maximum atomic E-state index is 7.18. The lowest BCUT2D eigenvalue weighted by molar-refractivity contribution is 0.437. The summed E-state index contributed by atoms with van der Waals surface area (Å²) in [5.41, 5.74) is 16.1. The van der Waals surface area contributed by atoms with Crippen molar-refractivity contribution < 1.29 is 4.74 Å². The van der Waals surface area contributed by atoms with E-state index in [4.69, 9.17) is 19.7 Å². The minimum atomic E-state index is -0.647. The van der Waals surface area contributed by atoms with E-state index in [1.54, 1.807) is 12.4 Å². The zero-order chi connectivity index (χ0) is 41.0. The van der Waals surface area contributed by atoms with E-state index in [9.17, 15) is 0 Å². The van der Waals surface area contributed by atoms with E-state index in [0.717, 1.165) is 84.6 Å². The van der Waals surface area contributed by atoms with Gasteiger partial charge < -0.3 is 4.74 Å². The highest BCUT2D eigenvalue weighted by atomic mass is 16.5. The second-order valence-electron chi connectivity index (χ2n) is 15.6. The average molecular weight is 794 g/mol. The smallest absolute Gasteiger partial charge is 0.160 e. The second-order valence-corrected chi connectivity index (χ2v) is 15.6.